The number of anilines is 1. The molecule has 0 saturated carbocycles. The van der Waals surface area contributed by atoms with Gasteiger partial charge in [-0.3, -0.25) is 4.90 Å². The smallest absolute Gasteiger partial charge is 0.151 e. The van der Waals surface area contributed by atoms with Crippen molar-refractivity contribution in [3.05, 3.63) is 47.4 Å². The van der Waals surface area contributed by atoms with Gasteiger partial charge in [0.15, 0.2) is 11.0 Å². The Morgan fingerprint density at radius 1 is 1.08 bits per heavy atom. The SMILES string of the molecule is CC1[C@@H]2CC[C@@H](Oc3ccc(F)cc3)CN2CCN1c1ccc(Cl)nn1. The van der Waals surface area contributed by atoms with Gasteiger partial charge in [-0.25, -0.2) is 4.39 Å². The van der Waals surface area contributed by atoms with Gasteiger partial charge in [-0.05, 0) is 56.2 Å². The second kappa shape index (κ2) is 7.37. The van der Waals surface area contributed by atoms with Gasteiger partial charge in [-0.2, -0.15) is 0 Å². The van der Waals surface area contributed by atoms with Crippen LogP contribution in [0.15, 0.2) is 36.4 Å². The Morgan fingerprint density at radius 3 is 2.62 bits per heavy atom. The van der Waals surface area contributed by atoms with E-state index in [1.807, 2.05) is 6.07 Å². The second-order valence-electron chi connectivity index (χ2n) is 6.98. The Balaban J connectivity index is 1.40. The molecule has 3 heterocycles. The Bertz CT molecular complexity index is 742. The number of fused-ring (bicyclic) bond motifs is 1. The van der Waals surface area contributed by atoms with E-state index in [1.54, 1.807) is 18.2 Å². The van der Waals surface area contributed by atoms with Crippen molar-refractivity contribution in [1.29, 1.82) is 0 Å². The van der Waals surface area contributed by atoms with Crippen LogP contribution in [0.4, 0.5) is 10.2 Å². The molecule has 2 aliphatic heterocycles. The number of nitrogens with zero attached hydrogens (tertiary/aromatic N) is 4. The minimum Gasteiger partial charge on any atom is -0.489 e. The van der Waals surface area contributed by atoms with Crippen molar-refractivity contribution in [2.45, 2.75) is 38.0 Å². The Morgan fingerprint density at radius 2 is 1.88 bits per heavy atom. The molecule has 0 aliphatic carbocycles. The number of hydrogen-bond donors (Lipinski definition) is 0. The maximum Gasteiger partial charge on any atom is 0.151 e. The first kappa shape index (κ1) is 17.5. The van der Waals surface area contributed by atoms with Gasteiger partial charge in [0.05, 0.1) is 0 Å². The average molecular weight is 377 g/mol. The molecule has 26 heavy (non-hydrogen) atoms. The van der Waals surface area contributed by atoms with Crippen LogP contribution in [-0.4, -0.2) is 52.9 Å². The number of rotatable bonds is 3. The molecule has 2 aromatic rings. The van der Waals surface area contributed by atoms with Gasteiger partial charge in [0.25, 0.3) is 0 Å². The summed E-state index contributed by atoms with van der Waals surface area (Å²) in [5.74, 6) is 1.38. The van der Waals surface area contributed by atoms with Gasteiger partial charge in [-0.1, -0.05) is 11.6 Å². The number of benzene rings is 1. The van der Waals surface area contributed by atoms with Crippen LogP contribution < -0.4 is 9.64 Å². The van der Waals surface area contributed by atoms with Crippen LogP contribution in [0, 0.1) is 5.82 Å². The number of hydrogen-bond acceptors (Lipinski definition) is 5. The summed E-state index contributed by atoms with van der Waals surface area (Å²) in [7, 11) is 0. The maximum absolute atomic E-state index is 13.0. The fraction of sp³-hybridized carbons (Fsp3) is 0.474. The molecule has 1 aromatic carbocycles. The molecule has 0 amide bonds. The fourth-order valence-corrected chi connectivity index (χ4v) is 4.17. The lowest BCUT2D eigenvalue weighted by molar-refractivity contribution is 0.0288. The van der Waals surface area contributed by atoms with Crippen molar-refractivity contribution in [2.24, 2.45) is 0 Å². The second-order valence-corrected chi connectivity index (χ2v) is 7.37. The highest BCUT2D eigenvalue weighted by molar-refractivity contribution is 6.29. The molecule has 0 spiro atoms. The minimum atomic E-state index is -0.240. The molecule has 3 atom stereocenters. The van der Waals surface area contributed by atoms with E-state index >= 15 is 0 Å². The van der Waals surface area contributed by atoms with E-state index < -0.39 is 0 Å². The van der Waals surface area contributed by atoms with Crippen LogP contribution >= 0.6 is 11.6 Å². The third-order valence-electron chi connectivity index (χ3n) is 5.40. The summed E-state index contributed by atoms with van der Waals surface area (Å²) in [5, 5.41) is 8.62. The first-order valence-electron chi connectivity index (χ1n) is 9.02. The highest BCUT2D eigenvalue weighted by atomic mass is 35.5. The molecule has 1 unspecified atom stereocenters. The van der Waals surface area contributed by atoms with Gasteiger partial charge in [0.1, 0.15) is 17.7 Å². The van der Waals surface area contributed by atoms with Crippen LogP contribution in [0.3, 0.4) is 0 Å². The lowest BCUT2D eigenvalue weighted by Gasteiger charge is -2.50. The molecular formula is C19H22ClFN4O. The summed E-state index contributed by atoms with van der Waals surface area (Å²) in [6.07, 6.45) is 2.19. The molecule has 1 aromatic heterocycles. The van der Waals surface area contributed by atoms with E-state index in [2.05, 4.69) is 26.9 Å². The number of ether oxygens (including phenoxy) is 1. The van der Waals surface area contributed by atoms with Crippen molar-refractivity contribution in [1.82, 2.24) is 15.1 Å². The Hall–Kier alpha value is -1.92. The Kier molecular flexibility index (Phi) is 4.96. The predicted octanol–water partition coefficient (Wildman–Crippen LogP) is 3.39. The number of aromatic nitrogens is 2. The predicted molar refractivity (Wildman–Crippen MR) is 99.3 cm³/mol. The summed E-state index contributed by atoms with van der Waals surface area (Å²) < 4.78 is 19.1. The lowest BCUT2D eigenvalue weighted by Crippen LogP contribution is -2.62. The number of piperidine rings is 1. The first-order chi connectivity index (χ1) is 12.6. The normalized spacial score (nSPS) is 26.4. The maximum atomic E-state index is 13.0. The molecule has 2 fully saturated rings. The quantitative estimate of drug-likeness (QED) is 0.821. The van der Waals surface area contributed by atoms with Crippen LogP contribution in [0.2, 0.25) is 5.15 Å². The monoisotopic (exact) mass is 376 g/mol. The molecule has 4 rings (SSSR count). The van der Waals surface area contributed by atoms with Gasteiger partial charge in [0, 0.05) is 31.7 Å². The van der Waals surface area contributed by atoms with Gasteiger partial charge < -0.3 is 9.64 Å². The van der Waals surface area contributed by atoms with E-state index in [-0.39, 0.29) is 11.9 Å². The van der Waals surface area contributed by atoms with Crippen molar-refractivity contribution < 1.29 is 9.13 Å². The molecule has 0 N–H and O–H groups in total. The van der Waals surface area contributed by atoms with Crippen molar-refractivity contribution in [2.75, 3.05) is 24.5 Å². The molecule has 7 heteroatoms. The first-order valence-corrected chi connectivity index (χ1v) is 9.40. The standard InChI is InChI=1S/C19H22ClFN4O/c1-13-17-7-6-16(26-15-4-2-14(21)3-5-15)12-24(17)10-11-25(13)19-9-8-18(20)22-23-19/h2-5,8-9,13,16-17H,6-7,10-12H2,1H3/t13?,16-,17+/m1/s1. The zero-order valence-corrected chi connectivity index (χ0v) is 15.4. The van der Waals surface area contributed by atoms with E-state index in [9.17, 15) is 4.39 Å². The molecule has 5 nitrogen and oxygen atoms in total. The largest absolute Gasteiger partial charge is 0.489 e. The number of halogens is 2. The highest BCUT2D eigenvalue weighted by Gasteiger charge is 2.38. The van der Waals surface area contributed by atoms with E-state index in [0.29, 0.717) is 17.2 Å². The van der Waals surface area contributed by atoms with E-state index in [1.165, 1.54) is 12.1 Å². The molecule has 2 aliphatic rings. The zero-order valence-electron chi connectivity index (χ0n) is 14.7. The average Bonchev–Trinajstić information content (AvgIpc) is 2.65. The van der Waals surface area contributed by atoms with Crippen LogP contribution in [0.1, 0.15) is 19.8 Å². The van der Waals surface area contributed by atoms with Gasteiger partial charge in [0.2, 0.25) is 0 Å². The molecule has 2 saturated heterocycles. The van der Waals surface area contributed by atoms with E-state index in [4.69, 9.17) is 16.3 Å². The topological polar surface area (TPSA) is 41.5 Å². The summed E-state index contributed by atoms with van der Waals surface area (Å²) >= 11 is 5.85. The summed E-state index contributed by atoms with van der Waals surface area (Å²) in [6, 6.07) is 10.8. The van der Waals surface area contributed by atoms with Crippen LogP contribution in [0.5, 0.6) is 5.75 Å². The van der Waals surface area contributed by atoms with Gasteiger partial charge in [-0.15, -0.1) is 10.2 Å². The van der Waals surface area contributed by atoms with Gasteiger partial charge >= 0.3 is 0 Å². The highest BCUT2D eigenvalue weighted by Crippen LogP contribution is 2.30. The third-order valence-corrected chi connectivity index (χ3v) is 5.60. The molecule has 0 radical (unpaired) electrons. The van der Waals surface area contributed by atoms with Crippen molar-refractivity contribution in [3.8, 4) is 5.75 Å². The minimum absolute atomic E-state index is 0.144. The molecule has 138 valence electrons. The fourth-order valence-electron chi connectivity index (χ4n) is 4.07. The summed E-state index contributed by atoms with van der Waals surface area (Å²) in [5.41, 5.74) is 0. The summed E-state index contributed by atoms with van der Waals surface area (Å²) in [6.45, 7) is 5.00. The zero-order chi connectivity index (χ0) is 18.1. The number of piperazine rings is 1. The van der Waals surface area contributed by atoms with Crippen molar-refractivity contribution in [3.63, 3.8) is 0 Å². The summed E-state index contributed by atoms with van der Waals surface area (Å²) in [4.78, 5) is 4.81. The van der Waals surface area contributed by atoms with Crippen LogP contribution in [-0.2, 0) is 0 Å². The van der Waals surface area contributed by atoms with Crippen LogP contribution in [0.25, 0.3) is 0 Å². The Labute approximate surface area is 157 Å². The van der Waals surface area contributed by atoms with Crippen molar-refractivity contribution >= 4 is 17.4 Å². The molecule has 0 bridgehead atoms. The molecular weight excluding hydrogens is 355 g/mol. The third kappa shape index (κ3) is 3.62. The van der Waals surface area contributed by atoms with E-state index in [0.717, 1.165) is 44.0 Å². The lowest BCUT2D eigenvalue weighted by atomic mass is 9.91.